The second kappa shape index (κ2) is 7.16. The summed E-state index contributed by atoms with van der Waals surface area (Å²) < 4.78 is 24.2. The number of carbonyl (C=O) groups is 2. The van der Waals surface area contributed by atoms with Crippen LogP contribution in [0.4, 0.5) is 9.18 Å². The fraction of sp³-hybridized carbons (Fsp3) is 0.529. The summed E-state index contributed by atoms with van der Waals surface area (Å²) in [7, 11) is 1.49. The quantitative estimate of drug-likeness (QED) is 0.844. The van der Waals surface area contributed by atoms with E-state index in [1.165, 1.54) is 30.2 Å². The summed E-state index contributed by atoms with van der Waals surface area (Å²) in [5.74, 6) is 0.133. The van der Waals surface area contributed by atoms with Crippen molar-refractivity contribution in [2.45, 2.75) is 31.4 Å². The maximum Gasteiger partial charge on any atom is 0.407 e. The zero-order valence-electron chi connectivity index (χ0n) is 13.9. The Labute approximate surface area is 144 Å². The molecule has 1 heterocycles. The number of ether oxygens (including phenoxy) is 2. The Bertz CT molecular complexity index is 662. The molecule has 1 unspecified atom stereocenters. The average molecular weight is 352 g/mol. The summed E-state index contributed by atoms with van der Waals surface area (Å²) in [6.45, 7) is 0.768. The summed E-state index contributed by atoms with van der Waals surface area (Å²) in [4.78, 5) is 24.4. The van der Waals surface area contributed by atoms with Gasteiger partial charge in [0, 0.05) is 31.1 Å². The van der Waals surface area contributed by atoms with Crippen LogP contribution in [-0.2, 0) is 4.79 Å². The third-order valence-electron chi connectivity index (χ3n) is 4.69. The number of amides is 2. The maximum absolute atomic E-state index is 13.3. The molecule has 2 amide bonds. The number of methoxy groups -OCH3 is 1. The summed E-state index contributed by atoms with van der Waals surface area (Å²) in [5, 5.41) is 11.8. The molecule has 1 aliphatic carbocycles. The molecule has 2 fully saturated rings. The highest BCUT2D eigenvalue weighted by Gasteiger charge is 2.38. The van der Waals surface area contributed by atoms with Gasteiger partial charge >= 0.3 is 6.09 Å². The van der Waals surface area contributed by atoms with Crippen molar-refractivity contribution in [3.8, 4) is 11.5 Å². The van der Waals surface area contributed by atoms with Crippen molar-refractivity contribution in [1.29, 1.82) is 0 Å². The Hall–Kier alpha value is -2.51. The lowest BCUT2D eigenvalue weighted by atomic mass is 9.81. The van der Waals surface area contributed by atoms with E-state index >= 15 is 0 Å². The highest BCUT2D eigenvalue weighted by Crippen LogP contribution is 2.36. The van der Waals surface area contributed by atoms with Gasteiger partial charge < -0.3 is 24.8 Å². The summed E-state index contributed by atoms with van der Waals surface area (Å²) in [6.07, 6.45) is 0.593. The van der Waals surface area contributed by atoms with E-state index in [9.17, 15) is 14.0 Å². The predicted octanol–water partition coefficient (Wildman–Crippen LogP) is 1.86. The topological polar surface area (TPSA) is 88.1 Å². The van der Waals surface area contributed by atoms with Gasteiger partial charge in [0.05, 0.1) is 7.11 Å². The van der Waals surface area contributed by atoms with Crippen LogP contribution in [0.15, 0.2) is 18.2 Å². The third kappa shape index (κ3) is 3.94. The fourth-order valence-corrected chi connectivity index (χ4v) is 3.17. The number of nitrogens with zero attached hydrogens (tertiary/aromatic N) is 1. The van der Waals surface area contributed by atoms with Crippen LogP contribution >= 0.6 is 0 Å². The zero-order valence-corrected chi connectivity index (χ0v) is 13.9. The van der Waals surface area contributed by atoms with E-state index in [1.807, 2.05) is 0 Å². The number of hydrogen-bond donors (Lipinski definition) is 2. The summed E-state index contributed by atoms with van der Waals surface area (Å²) in [6, 6.07) is 3.93. The number of nitrogens with one attached hydrogen (secondary N) is 1. The van der Waals surface area contributed by atoms with Crippen molar-refractivity contribution in [1.82, 2.24) is 10.2 Å². The lowest BCUT2D eigenvalue weighted by Gasteiger charge is -2.35. The van der Waals surface area contributed by atoms with Crippen LogP contribution in [0.1, 0.15) is 19.3 Å². The molecule has 1 aromatic rings. The van der Waals surface area contributed by atoms with Crippen molar-refractivity contribution < 1.29 is 28.6 Å². The van der Waals surface area contributed by atoms with Gasteiger partial charge in [0.1, 0.15) is 11.9 Å². The Morgan fingerprint density at radius 3 is 2.72 bits per heavy atom. The van der Waals surface area contributed by atoms with Gasteiger partial charge in [0.2, 0.25) is 5.91 Å². The molecule has 2 aliphatic rings. The highest BCUT2D eigenvalue weighted by molar-refractivity contribution is 5.80. The van der Waals surface area contributed by atoms with E-state index in [2.05, 4.69) is 5.32 Å². The molecule has 1 aliphatic heterocycles. The minimum absolute atomic E-state index is 0.0803. The van der Waals surface area contributed by atoms with Gasteiger partial charge in [-0.1, -0.05) is 0 Å². The molecule has 136 valence electrons. The Morgan fingerprint density at radius 2 is 2.08 bits per heavy atom. The first-order valence-corrected chi connectivity index (χ1v) is 8.24. The van der Waals surface area contributed by atoms with Gasteiger partial charge in [-0.3, -0.25) is 4.79 Å². The second-order valence-corrected chi connectivity index (χ2v) is 6.43. The molecular weight excluding hydrogens is 331 g/mol. The molecule has 1 saturated carbocycles. The van der Waals surface area contributed by atoms with Crippen LogP contribution in [-0.4, -0.2) is 54.4 Å². The van der Waals surface area contributed by atoms with Crippen LogP contribution in [0.25, 0.3) is 0 Å². The molecule has 0 aromatic heterocycles. The van der Waals surface area contributed by atoms with Crippen molar-refractivity contribution in [2.24, 2.45) is 5.92 Å². The molecule has 0 bridgehead atoms. The number of benzene rings is 1. The van der Waals surface area contributed by atoms with Crippen LogP contribution in [0.5, 0.6) is 11.5 Å². The largest absolute Gasteiger partial charge is 0.493 e. The monoisotopic (exact) mass is 352 g/mol. The lowest BCUT2D eigenvalue weighted by Crippen LogP contribution is -2.47. The number of likely N-dealkylation sites (tertiary alicyclic amines) is 1. The van der Waals surface area contributed by atoms with Crippen LogP contribution in [0.2, 0.25) is 0 Å². The van der Waals surface area contributed by atoms with Crippen molar-refractivity contribution in [3.05, 3.63) is 24.0 Å². The first-order valence-electron chi connectivity index (χ1n) is 8.24. The van der Waals surface area contributed by atoms with E-state index in [0.29, 0.717) is 43.9 Å². The highest BCUT2D eigenvalue weighted by atomic mass is 19.1. The molecule has 0 radical (unpaired) electrons. The molecule has 3 rings (SSSR count). The third-order valence-corrected chi connectivity index (χ3v) is 4.69. The van der Waals surface area contributed by atoms with Gasteiger partial charge in [-0.15, -0.1) is 0 Å². The van der Waals surface area contributed by atoms with Crippen molar-refractivity contribution >= 4 is 12.0 Å². The van der Waals surface area contributed by atoms with Crippen LogP contribution in [0.3, 0.4) is 0 Å². The Kier molecular flexibility index (Phi) is 4.96. The Morgan fingerprint density at radius 1 is 1.32 bits per heavy atom. The molecule has 25 heavy (non-hydrogen) atoms. The van der Waals surface area contributed by atoms with E-state index in [0.717, 1.165) is 0 Å². The van der Waals surface area contributed by atoms with Gasteiger partial charge in [-0.25, -0.2) is 9.18 Å². The molecular formula is C17H21FN2O5. The smallest absolute Gasteiger partial charge is 0.407 e. The van der Waals surface area contributed by atoms with Gasteiger partial charge in [-0.2, -0.15) is 0 Å². The average Bonchev–Trinajstić information content (AvgIpc) is 2.99. The first kappa shape index (κ1) is 17.3. The molecule has 1 saturated heterocycles. The lowest BCUT2D eigenvalue weighted by molar-refractivity contribution is -0.131. The fourth-order valence-electron chi connectivity index (χ4n) is 3.17. The SMILES string of the molecule is COc1ccc(F)cc1O[C@H]1C[C@H](C(=O)NC2CCN(C(=O)O)C2)C1. The van der Waals surface area contributed by atoms with E-state index in [1.54, 1.807) is 0 Å². The minimum atomic E-state index is -0.960. The zero-order chi connectivity index (χ0) is 18.0. The van der Waals surface area contributed by atoms with Gasteiger partial charge in [0.15, 0.2) is 11.5 Å². The molecule has 1 aromatic carbocycles. The Balaban J connectivity index is 1.46. The molecule has 1 atom stereocenters. The van der Waals surface area contributed by atoms with Crippen molar-refractivity contribution in [3.63, 3.8) is 0 Å². The molecule has 0 spiro atoms. The number of hydrogen-bond acceptors (Lipinski definition) is 4. The normalized spacial score (nSPS) is 25.2. The van der Waals surface area contributed by atoms with E-state index in [-0.39, 0.29) is 24.0 Å². The van der Waals surface area contributed by atoms with E-state index < -0.39 is 11.9 Å². The molecule has 7 nitrogen and oxygen atoms in total. The van der Waals surface area contributed by atoms with Crippen molar-refractivity contribution in [2.75, 3.05) is 20.2 Å². The predicted molar refractivity (Wildman–Crippen MR) is 86.2 cm³/mol. The number of carboxylic acid groups (broad SMARTS) is 1. The number of carbonyl (C=O) groups excluding carboxylic acids is 1. The second-order valence-electron chi connectivity index (χ2n) is 6.43. The van der Waals surface area contributed by atoms with Gasteiger partial charge in [-0.05, 0) is 31.4 Å². The standard InChI is InChI=1S/C17H21FN2O5/c1-24-14-3-2-11(18)8-15(14)25-13-6-10(7-13)16(21)19-12-4-5-20(9-12)17(22)23/h2-3,8,10,12-13H,4-7,9H2,1H3,(H,19,21)(H,22,23)/t10-,12?,13-. The summed E-state index contributed by atoms with van der Waals surface area (Å²) in [5.41, 5.74) is 0. The number of halogens is 1. The molecule has 8 heteroatoms. The minimum Gasteiger partial charge on any atom is -0.493 e. The first-order chi connectivity index (χ1) is 12.0. The van der Waals surface area contributed by atoms with Gasteiger partial charge in [0.25, 0.3) is 0 Å². The van der Waals surface area contributed by atoms with Crippen LogP contribution < -0.4 is 14.8 Å². The summed E-state index contributed by atoms with van der Waals surface area (Å²) >= 11 is 0. The van der Waals surface area contributed by atoms with Crippen LogP contribution in [0, 0.1) is 11.7 Å². The molecule has 2 N–H and O–H groups in total. The van der Waals surface area contributed by atoms with E-state index in [4.69, 9.17) is 14.6 Å². The number of rotatable bonds is 5. The maximum atomic E-state index is 13.3.